The van der Waals surface area contributed by atoms with Crippen LogP contribution in [0.5, 0.6) is 5.75 Å². The van der Waals surface area contributed by atoms with Crippen molar-refractivity contribution in [2.45, 2.75) is 26.4 Å². The molecule has 1 aliphatic heterocycles. The van der Waals surface area contributed by atoms with Crippen LogP contribution in [0, 0.1) is 0 Å². The molecule has 0 N–H and O–H groups in total. The second-order valence-corrected chi connectivity index (χ2v) is 5.84. The number of benzene rings is 1. The monoisotopic (exact) mass is 323 g/mol. The fourth-order valence-electron chi connectivity index (χ4n) is 2.71. The zero-order chi connectivity index (χ0) is 16.9. The maximum absolute atomic E-state index is 12.7. The molecule has 0 spiro atoms. The van der Waals surface area contributed by atoms with Crippen LogP contribution >= 0.6 is 0 Å². The van der Waals surface area contributed by atoms with Crippen molar-refractivity contribution >= 4 is 12.1 Å². The average molecular weight is 323 g/mol. The third-order valence-corrected chi connectivity index (χ3v) is 3.97. The van der Waals surface area contributed by atoms with Crippen LogP contribution in [0.1, 0.15) is 40.5 Å². The van der Waals surface area contributed by atoms with E-state index in [1.807, 2.05) is 31.3 Å². The number of carbonyl (C=O) groups is 1. The van der Waals surface area contributed by atoms with Crippen LogP contribution in [0.15, 0.2) is 41.5 Å². The summed E-state index contributed by atoms with van der Waals surface area (Å²) in [6.07, 6.45) is 4.42. The largest absolute Gasteiger partial charge is 0.493 e. The second-order valence-electron chi connectivity index (χ2n) is 5.84. The van der Waals surface area contributed by atoms with Crippen molar-refractivity contribution in [1.29, 1.82) is 0 Å². The highest BCUT2D eigenvalue weighted by Crippen LogP contribution is 2.21. The lowest BCUT2D eigenvalue weighted by Gasteiger charge is -2.19. The van der Waals surface area contributed by atoms with Gasteiger partial charge in [-0.15, -0.1) is 0 Å². The molecule has 5 nitrogen and oxygen atoms in total. The molecule has 1 aromatic heterocycles. The van der Waals surface area contributed by atoms with Crippen LogP contribution in [0.3, 0.4) is 0 Å². The van der Waals surface area contributed by atoms with Crippen molar-refractivity contribution in [3.8, 4) is 5.75 Å². The summed E-state index contributed by atoms with van der Waals surface area (Å²) >= 11 is 0. The molecule has 0 atom stereocenters. The third-order valence-electron chi connectivity index (χ3n) is 3.97. The summed E-state index contributed by atoms with van der Waals surface area (Å²) in [5, 5.41) is 0. The highest BCUT2D eigenvalue weighted by Gasteiger charge is 2.17. The van der Waals surface area contributed by atoms with E-state index >= 15 is 0 Å². The first-order valence-electron chi connectivity index (χ1n) is 8.14. The maximum atomic E-state index is 12.7. The SMILES string of the molecule is CCCOc1ccnc(C(=O)N(C)Cc2cccc3c2CN=C3)c1. The van der Waals surface area contributed by atoms with E-state index in [0.29, 0.717) is 31.1 Å². The zero-order valence-electron chi connectivity index (χ0n) is 14.0. The van der Waals surface area contributed by atoms with E-state index in [4.69, 9.17) is 4.74 Å². The normalized spacial score (nSPS) is 12.1. The Morgan fingerprint density at radius 2 is 2.21 bits per heavy atom. The van der Waals surface area contributed by atoms with Crippen LogP contribution in [0.4, 0.5) is 0 Å². The first-order chi connectivity index (χ1) is 11.7. The Balaban J connectivity index is 1.72. The summed E-state index contributed by atoms with van der Waals surface area (Å²) < 4.78 is 5.58. The van der Waals surface area contributed by atoms with Crippen LogP contribution < -0.4 is 4.74 Å². The number of ether oxygens (including phenoxy) is 1. The van der Waals surface area contributed by atoms with Gasteiger partial charge in [0.1, 0.15) is 11.4 Å². The molecule has 5 heteroatoms. The number of fused-ring (bicyclic) bond motifs is 1. The summed E-state index contributed by atoms with van der Waals surface area (Å²) in [4.78, 5) is 22.8. The molecule has 1 aromatic carbocycles. The number of pyridine rings is 1. The summed E-state index contributed by atoms with van der Waals surface area (Å²) in [6.45, 7) is 3.89. The van der Waals surface area contributed by atoms with Gasteiger partial charge < -0.3 is 9.64 Å². The lowest BCUT2D eigenvalue weighted by atomic mass is 10.0. The zero-order valence-corrected chi connectivity index (χ0v) is 14.0. The minimum Gasteiger partial charge on any atom is -0.493 e. The minimum absolute atomic E-state index is 0.117. The summed E-state index contributed by atoms with van der Waals surface area (Å²) in [5.74, 6) is 0.561. The first-order valence-corrected chi connectivity index (χ1v) is 8.14. The van der Waals surface area contributed by atoms with Gasteiger partial charge in [0.2, 0.25) is 0 Å². The molecule has 0 saturated heterocycles. The minimum atomic E-state index is -0.117. The molecule has 0 unspecified atom stereocenters. The van der Waals surface area contributed by atoms with Gasteiger partial charge in [0.25, 0.3) is 5.91 Å². The van der Waals surface area contributed by atoms with E-state index < -0.39 is 0 Å². The predicted octanol–water partition coefficient (Wildman–Crippen LogP) is 3.08. The summed E-state index contributed by atoms with van der Waals surface area (Å²) in [7, 11) is 1.79. The van der Waals surface area contributed by atoms with Crippen molar-refractivity contribution in [3.63, 3.8) is 0 Å². The van der Waals surface area contributed by atoms with Crippen molar-refractivity contribution in [2.75, 3.05) is 13.7 Å². The van der Waals surface area contributed by atoms with Gasteiger partial charge in [-0.05, 0) is 29.2 Å². The second kappa shape index (κ2) is 7.25. The maximum Gasteiger partial charge on any atom is 0.272 e. The van der Waals surface area contributed by atoms with Gasteiger partial charge in [-0.2, -0.15) is 0 Å². The summed E-state index contributed by atoms with van der Waals surface area (Å²) in [6, 6.07) is 9.57. The lowest BCUT2D eigenvalue weighted by molar-refractivity contribution is 0.0778. The predicted molar refractivity (Wildman–Crippen MR) is 93.6 cm³/mol. The number of amides is 1. The molecule has 0 fully saturated rings. The fraction of sp³-hybridized carbons (Fsp3) is 0.316. The molecule has 1 amide bonds. The lowest BCUT2D eigenvalue weighted by Crippen LogP contribution is -2.27. The Hall–Kier alpha value is -2.69. The highest BCUT2D eigenvalue weighted by atomic mass is 16.5. The van der Waals surface area contributed by atoms with E-state index in [0.717, 1.165) is 17.5 Å². The Kier molecular flexibility index (Phi) is 4.89. The summed E-state index contributed by atoms with van der Waals surface area (Å²) in [5.41, 5.74) is 3.86. The topological polar surface area (TPSA) is 54.8 Å². The van der Waals surface area contributed by atoms with Crippen LogP contribution in [-0.2, 0) is 13.1 Å². The van der Waals surface area contributed by atoms with E-state index in [-0.39, 0.29) is 5.91 Å². The molecule has 24 heavy (non-hydrogen) atoms. The number of carbonyl (C=O) groups excluding carboxylic acids is 1. The number of aromatic nitrogens is 1. The Labute approximate surface area is 142 Å². The van der Waals surface area contributed by atoms with Gasteiger partial charge in [-0.25, -0.2) is 0 Å². The molecule has 2 heterocycles. The Morgan fingerprint density at radius 1 is 1.33 bits per heavy atom. The van der Waals surface area contributed by atoms with Crippen molar-refractivity contribution in [3.05, 3.63) is 58.9 Å². The standard InChI is InChI=1S/C19H21N3O2/c1-3-9-24-16-7-8-21-18(10-16)19(23)22(2)13-15-6-4-5-14-11-20-12-17(14)15/h4-8,10-11H,3,9,12-13H2,1-2H3. The number of aliphatic imine (C=N–C) groups is 1. The molecule has 0 aliphatic carbocycles. The van der Waals surface area contributed by atoms with Crippen LogP contribution in [0.2, 0.25) is 0 Å². The van der Waals surface area contributed by atoms with Crippen molar-refractivity contribution < 1.29 is 9.53 Å². The number of hydrogen-bond donors (Lipinski definition) is 0. The number of hydrogen-bond acceptors (Lipinski definition) is 4. The molecule has 1 aliphatic rings. The smallest absolute Gasteiger partial charge is 0.272 e. The van der Waals surface area contributed by atoms with E-state index in [9.17, 15) is 4.79 Å². The molecule has 0 radical (unpaired) electrons. The molecular weight excluding hydrogens is 302 g/mol. The van der Waals surface area contributed by atoms with Gasteiger partial charge >= 0.3 is 0 Å². The van der Waals surface area contributed by atoms with Crippen LogP contribution in [0.25, 0.3) is 0 Å². The first kappa shape index (κ1) is 16.2. The molecule has 2 aromatic rings. The van der Waals surface area contributed by atoms with Gasteiger partial charge in [0, 0.05) is 32.1 Å². The van der Waals surface area contributed by atoms with Gasteiger partial charge in [0.15, 0.2) is 0 Å². The van der Waals surface area contributed by atoms with Crippen molar-refractivity contribution in [2.24, 2.45) is 4.99 Å². The van der Waals surface area contributed by atoms with E-state index in [2.05, 4.69) is 9.98 Å². The Morgan fingerprint density at radius 3 is 3.04 bits per heavy atom. The van der Waals surface area contributed by atoms with E-state index in [1.165, 1.54) is 5.56 Å². The molecule has 0 bridgehead atoms. The third kappa shape index (κ3) is 3.45. The fourth-order valence-corrected chi connectivity index (χ4v) is 2.71. The quantitative estimate of drug-likeness (QED) is 0.821. The van der Waals surface area contributed by atoms with Gasteiger partial charge in [-0.3, -0.25) is 14.8 Å². The molecule has 0 saturated carbocycles. The van der Waals surface area contributed by atoms with Gasteiger partial charge in [0.05, 0.1) is 13.2 Å². The van der Waals surface area contributed by atoms with Gasteiger partial charge in [-0.1, -0.05) is 25.1 Å². The number of rotatable bonds is 6. The number of nitrogens with zero attached hydrogens (tertiary/aromatic N) is 3. The van der Waals surface area contributed by atoms with Crippen molar-refractivity contribution in [1.82, 2.24) is 9.88 Å². The average Bonchev–Trinajstić information content (AvgIpc) is 3.09. The Bertz CT molecular complexity index is 771. The van der Waals surface area contributed by atoms with E-state index in [1.54, 1.807) is 30.3 Å². The molecule has 3 rings (SSSR count). The molecular formula is C19H21N3O2. The molecule has 124 valence electrons. The highest BCUT2D eigenvalue weighted by molar-refractivity contribution is 5.92. The van der Waals surface area contributed by atoms with Crippen LogP contribution in [-0.4, -0.2) is 35.7 Å².